The molecule has 1 aromatic carbocycles. The molecule has 0 saturated carbocycles. The van der Waals surface area contributed by atoms with Crippen LogP contribution in [0.5, 0.6) is 0 Å². The van der Waals surface area contributed by atoms with Crippen LogP contribution in [0.2, 0.25) is 0 Å². The third-order valence-electron chi connectivity index (χ3n) is 5.50. The van der Waals surface area contributed by atoms with Gasteiger partial charge in [0.15, 0.2) is 5.69 Å². The van der Waals surface area contributed by atoms with Crippen LogP contribution in [0.3, 0.4) is 0 Å². The molecule has 7 nitrogen and oxygen atoms in total. The average Bonchev–Trinajstić information content (AvgIpc) is 3.42. The van der Waals surface area contributed by atoms with Crippen molar-refractivity contribution in [2.45, 2.75) is 37.8 Å². The first-order valence-electron chi connectivity index (χ1n) is 9.86. The van der Waals surface area contributed by atoms with Gasteiger partial charge in [0.25, 0.3) is 5.91 Å². The summed E-state index contributed by atoms with van der Waals surface area (Å²) in [6.07, 6.45) is 5.56. The van der Waals surface area contributed by atoms with Gasteiger partial charge in [-0.3, -0.25) is 4.79 Å². The molecule has 1 atom stereocenters. The van der Waals surface area contributed by atoms with Crippen LogP contribution in [0.4, 0.5) is 0 Å². The van der Waals surface area contributed by atoms with Crippen molar-refractivity contribution >= 4 is 5.91 Å². The zero-order chi connectivity index (χ0) is 18.5. The normalized spacial score (nSPS) is 20.7. The topological polar surface area (TPSA) is 72.3 Å². The molecular formula is C20H27N5O2. The van der Waals surface area contributed by atoms with E-state index in [1.165, 1.54) is 5.56 Å². The van der Waals surface area contributed by atoms with Gasteiger partial charge in [0.1, 0.15) is 0 Å². The van der Waals surface area contributed by atoms with Crippen LogP contribution in [0.25, 0.3) is 0 Å². The number of carbonyl (C=O) groups excluding carboxylic acids is 1. The Hall–Kier alpha value is -2.25. The zero-order valence-corrected chi connectivity index (χ0v) is 15.6. The lowest BCUT2D eigenvalue weighted by Crippen LogP contribution is -2.42. The first-order valence-corrected chi connectivity index (χ1v) is 9.86. The second-order valence-corrected chi connectivity index (χ2v) is 7.32. The largest absolute Gasteiger partial charge is 0.379 e. The van der Waals surface area contributed by atoms with Crippen molar-refractivity contribution in [3.8, 4) is 0 Å². The summed E-state index contributed by atoms with van der Waals surface area (Å²) in [6.45, 7) is 3.94. The molecule has 0 spiro atoms. The minimum atomic E-state index is -0.0402. The highest BCUT2D eigenvalue weighted by atomic mass is 16.5. The molecule has 2 aromatic rings. The maximum Gasteiger partial charge on any atom is 0.276 e. The molecule has 2 aliphatic heterocycles. The number of nitrogens with zero attached hydrogens (tertiary/aromatic N) is 4. The van der Waals surface area contributed by atoms with Gasteiger partial charge in [0.05, 0.1) is 24.9 Å². The molecule has 2 fully saturated rings. The predicted molar refractivity (Wildman–Crippen MR) is 102 cm³/mol. The molecule has 0 aliphatic carbocycles. The summed E-state index contributed by atoms with van der Waals surface area (Å²) in [4.78, 5) is 15.1. The van der Waals surface area contributed by atoms with E-state index in [-0.39, 0.29) is 11.9 Å². The van der Waals surface area contributed by atoms with E-state index in [9.17, 15) is 4.79 Å². The fourth-order valence-electron chi connectivity index (χ4n) is 3.88. The minimum absolute atomic E-state index is 0.0402. The maximum atomic E-state index is 13.2. The predicted octanol–water partition coefficient (Wildman–Crippen LogP) is 1.68. The van der Waals surface area contributed by atoms with Crippen LogP contribution in [0.1, 0.15) is 41.4 Å². The van der Waals surface area contributed by atoms with E-state index in [0.29, 0.717) is 31.5 Å². The van der Waals surface area contributed by atoms with Crippen molar-refractivity contribution in [3.63, 3.8) is 0 Å². The third kappa shape index (κ3) is 4.36. The van der Waals surface area contributed by atoms with Gasteiger partial charge in [-0.05, 0) is 44.3 Å². The maximum absolute atomic E-state index is 13.2. The van der Waals surface area contributed by atoms with Gasteiger partial charge in [-0.25, -0.2) is 4.68 Å². The van der Waals surface area contributed by atoms with Crippen LogP contribution < -0.4 is 5.32 Å². The zero-order valence-electron chi connectivity index (χ0n) is 15.6. The van der Waals surface area contributed by atoms with Gasteiger partial charge in [0.2, 0.25) is 0 Å². The summed E-state index contributed by atoms with van der Waals surface area (Å²) in [5, 5.41) is 11.8. The summed E-state index contributed by atoms with van der Waals surface area (Å²) in [5.41, 5.74) is 1.67. The quantitative estimate of drug-likeness (QED) is 0.839. The number of carbonyl (C=O) groups is 1. The summed E-state index contributed by atoms with van der Waals surface area (Å²) in [7, 11) is 0. The van der Waals surface area contributed by atoms with Crippen molar-refractivity contribution in [1.82, 2.24) is 25.2 Å². The fourth-order valence-corrected chi connectivity index (χ4v) is 3.88. The van der Waals surface area contributed by atoms with Crippen LogP contribution in [-0.4, -0.2) is 64.7 Å². The van der Waals surface area contributed by atoms with E-state index in [4.69, 9.17) is 4.74 Å². The number of rotatable bonds is 6. The molecule has 7 heteroatoms. The van der Waals surface area contributed by atoms with Gasteiger partial charge in [0, 0.05) is 13.2 Å². The number of amides is 1. The molecule has 1 aromatic heterocycles. The Labute approximate surface area is 159 Å². The van der Waals surface area contributed by atoms with Crippen molar-refractivity contribution in [2.75, 3.05) is 32.8 Å². The molecule has 1 amide bonds. The molecule has 1 unspecified atom stereocenters. The Morgan fingerprint density at radius 2 is 2.04 bits per heavy atom. The molecule has 0 radical (unpaired) electrons. The summed E-state index contributed by atoms with van der Waals surface area (Å²) in [6, 6.07) is 10.7. The molecule has 4 rings (SSSR count). The minimum Gasteiger partial charge on any atom is -0.379 e. The molecule has 2 saturated heterocycles. The monoisotopic (exact) mass is 369 g/mol. The molecule has 27 heavy (non-hydrogen) atoms. The number of nitrogens with one attached hydrogen (secondary N) is 1. The van der Waals surface area contributed by atoms with E-state index in [1.54, 1.807) is 0 Å². The van der Waals surface area contributed by atoms with Gasteiger partial charge < -0.3 is 15.0 Å². The first kappa shape index (κ1) is 18.1. The second-order valence-electron chi connectivity index (χ2n) is 7.32. The molecule has 1 N–H and O–H groups in total. The number of hydrogen-bond donors (Lipinski definition) is 1. The van der Waals surface area contributed by atoms with Crippen molar-refractivity contribution in [3.05, 3.63) is 47.8 Å². The third-order valence-corrected chi connectivity index (χ3v) is 5.50. The van der Waals surface area contributed by atoms with E-state index in [0.717, 1.165) is 38.8 Å². The van der Waals surface area contributed by atoms with Crippen LogP contribution in [0.15, 0.2) is 36.5 Å². The highest BCUT2D eigenvalue weighted by Crippen LogP contribution is 2.20. The molecule has 144 valence electrons. The van der Waals surface area contributed by atoms with Crippen LogP contribution in [0, 0.1) is 0 Å². The Balaban J connectivity index is 1.47. The lowest BCUT2D eigenvalue weighted by molar-refractivity contribution is 0.0650. The molecule has 3 heterocycles. The summed E-state index contributed by atoms with van der Waals surface area (Å²) < 4.78 is 7.40. The highest BCUT2D eigenvalue weighted by Gasteiger charge is 2.30. The Morgan fingerprint density at radius 1 is 1.22 bits per heavy atom. The molecular weight excluding hydrogens is 342 g/mol. The summed E-state index contributed by atoms with van der Waals surface area (Å²) in [5.74, 6) is -0.0402. The lowest BCUT2D eigenvalue weighted by Gasteiger charge is -2.27. The Bertz CT molecular complexity index is 736. The van der Waals surface area contributed by atoms with E-state index in [1.807, 2.05) is 34.0 Å². The van der Waals surface area contributed by atoms with Gasteiger partial charge >= 0.3 is 0 Å². The highest BCUT2D eigenvalue weighted by molar-refractivity contribution is 5.92. The van der Waals surface area contributed by atoms with Gasteiger partial charge in [-0.1, -0.05) is 35.5 Å². The fraction of sp³-hybridized carbons (Fsp3) is 0.550. The number of ether oxygens (including phenoxy) is 1. The molecule has 2 aliphatic rings. The average molecular weight is 369 g/mol. The molecule has 0 bridgehead atoms. The van der Waals surface area contributed by atoms with E-state index >= 15 is 0 Å². The number of piperidine rings is 1. The number of benzene rings is 1. The lowest BCUT2D eigenvalue weighted by atomic mass is 10.1. The van der Waals surface area contributed by atoms with Gasteiger partial charge in [-0.15, -0.1) is 5.10 Å². The smallest absolute Gasteiger partial charge is 0.276 e. The standard InChI is InChI=1S/C20H27N5O2/c26-20(19-14-25(23-22-19)17-6-10-21-11-7-17)24(18-9-13-27-15-18)12-8-16-4-2-1-3-5-16/h1-5,14,17-18,21H,6-13,15H2. The Morgan fingerprint density at radius 3 is 2.78 bits per heavy atom. The first-order chi connectivity index (χ1) is 13.3. The number of hydrogen-bond acceptors (Lipinski definition) is 5. The number of aromatic nitrogens is 3. The SMILES string of the molecule is O=C(c1cn(C2CCNCC2)nn1)N(CCc1ccccc1)C1CCOC1. The van der Waals surface area contributed by atoms with Crippen molar-refractivity contribution in [2.24, 2.45) is 0 Å². The van der Waals surface area contributed by atoms with E-state index < -0.39 is 0 Å². The second kappa shape index (κ2) is 8.63. The van der Waals surface area contributed by atoms with Crippen LogP contribution in [-0.2, 0) is 11.2 Å². The van der Waals surface area contributed by atoms with Gasteiger partial charge in [-0.2, -0.15) is 0 Å². The Kier molecular flexibility index (Phi) is 5.79. The van der Waals surface area contributed by atoms with Crippen molar-refractivity contribution < 1.29 is 9.53 Å². The van der Waals surface area contributed by atoms with E-state index in [2.05, 4.69) is 27.8 Å². The van der Waals surface area contributed by atoms with Crippen molar-refractivity contribution in [1.29, 1.82) is 0 Å². The van der Waals surface area contributed by atoms with Crippen LogP contribution >= 0.6 is 0 Å². The summed E-state index contributed by atoms with van der Waals surface area (Å²) >= 11 is 0.